The second kappa shape index (κ2) is 5.00. The molecule has 0 aromatic heterocycles. The Morgan fingerprint density at radius 1 is 1.32 bits per heavy atom. The predicted octanol–water partition coefficient (Wildman–Crippen LogP) is 0.635. The molecule has 0 unspecified atom stereocenters. The van der Waals surface area contributed by atoms with Crippen LogP contribution in [0.3, 0.4) is 0 Å². The lowest BCUT2D eigenvalue weighted by Gasteiger charge is -2.27. The molecule has 0 bridgehead atoms. The maximum absolute atomic E-state index is 12.1. The zero-order valence-electron chi connectivity index (χ0n) is 11.7. The van der Waals surface area contributed by atoms with Crippen LogP contribution in [-0.4, -0.2) is 52.3 Å². The van der Waals surface area contributed by atoms with Crippen LogP contribution in [0.1, 0.15) is 40.0 Å². The minimum Gasteiger partial charge on any atom is -0.444 e. The van der Waals surface area contributed by atoms with E-state index in [2.05, 4.69) is 5.32 Å². The Morgan fingerprint density at radius 3 is 2.47 bits per heavy atom. The Balaban J connectivity index is 1.99. The van der Waals surface area contributed by atoms with Gasteiger partial charge in [0.15, 0.2) is 0 Å². The summed E-state index contributed by atoms with van der Waals surface area (Å²) in [6, 6.07) is -0.379. The smallest absolute Gasteiger partial charge is 0.411 e. The van der Waals surface area contributed by atoms with Crippen LogP contribution in [0.25, 0.3) is 0 Å². The van der Waals surface area contributed by atoms with Crippen molar-refractivity contribution in [1.82, 2.24) is 10.2 Å². The third kappa shape index (κ3) is 3.83. The van der Waals surface area contributed by atoms with Gasteiger partial charge in [-0.2, -0.15) is 0 Å². The van der Waals surface area contributed by atoms with E-state index >= 15 is 0 Å². The fourth-order valence-corrected chi connectivity index (χ4v) is 2.11. The molecule has 1 saturated heterocycles. The van der Waals surface area contributed by atoms with Gasteiger partial charge in [-0.3, -0.25) is 9.69 Å². The number of nitrogens with zero attached hydrogens (tertiary/aromatic N) is 1. The minimum atomic E-state index is -0.664. The van der Waals surface area contributed by atoms with Gasteiger partial charge < -0.3 is 15.2 Å². The fraction of sp³-hybridized carbons (Fsp3) is 0.846. The van der Waals surface area contributed by atoms with Gasteiger partial charge in [-0.05, 0) is 33.6 Å². The molecule has 6 heteroatoms. The highest BCUT2D eigenvalue weighted by atomic mass is 16.6. The van der Waals surface area contributed by atoms with Crippen molar-refractivity contribution < 1.29 is 19.4 Å². The molecule has 0 spiro atoms. The van der Waals surface area contributed by atoms with E-state index < -0.39 is 23.8 Å². The summed E-state index contributed by atoms with van der Waals surface area (Å²) in [5.74, 6) is -0.190. The number of likely N-dealkylation sites (tertiary alicyclic amines) is 1. The number of hydrogen-bond donors (Lipinski definition) is 2. The van der Waals surface area contributed by atoms with Gasteiger partial charge in [0, 0.05) is 12.5 Å². The summed E-state index contributed by atoms with van der Waals surface area (Å²) in [4.78, 5) is 25.4. The van der Waals surface area contributed by atoms with E-state index in [1.807, 2.05) is 0 Å². The number of rotatable bonds is 2. The van der Waals surface area contributed by atoms with Crippen LogP contribution >= 0.6 is 0 Å². The van der Waals surface area contributed by atoms with Crippen molar-refractivity contribution in [1.29, 1.82) is 0 Å². The van der Waals surface area contributed by atoms with Gasteiger partial charge in [-0.25, -0.2) is 4.79 Å². The molecule has 2 atom stereocenters. The van der Waals surface area contributed by atoms with Crippen LogP contribution in [0.5, 0.6) is 0 Å². The molecule has 0 radical (unpaired) electrons. The Bertz CT molecular complexity index is 373. The number of β-amino-alcohol motifs (C(OH)–C–C–N with tert-alkyl or cyclic N) is 1. The van der Waals surface area contributed by atoms with Gasteiger partial charge in [-0.1, -0.05) is 0 Å². The van der Waals surface area contributed by atoms with E-state index in [0.29, 0.717) is 0 Å². The van der Waals surface area contributed by atoms with Crippen molar-refractivity contribution in [2.45, 2.75) is 63.8 Å². The van der Waals surface area contributed by atoms with E-state index in [4.69, 9.17) is 4.74 Å². The summed E-state index contributed by atoms with van der Waals surface area (Å²) in [5.41, 5.74) is -0.609. The molecule has 1 saturated carbocycles. The highest BCUT2D eigenvalue weighted by Crippen LogP contribution is 2.24. The van der Waals surface area contributed by atoms with Crippen molar-refractivity contribution in [2.75, 3.05) is 6.54 Å². The Labute approximate surface area is 113 Å². The maximum Gasteiger partial charge on any atom is 0.411 e. The summed E-state index contributed by atoms with van der Waals surface area (Å²) in [7, 11) is 0. The molecule has 0 aromatic rings. The highest BCUT2D eigenvalue weighted by molar-refractivity contribution is 5.86. The fourth-order valence-electron chi connectivity index (χ4n) is 2.11. The first kappa shape index (κ1) is 14.1. The number of amides is 2. The number of carbonyl (C=O) groups excluding carboxylic acids is 2. The first-order valence-electron chi connectivity index (χ1n) is 6.74. The SMILES string of the molecule is CC(C)(C)OC(=O)N1C[C@H](O)C[C@@H]1C(=O)NC1CC1. The van der Waals surface area contributed by atoms with Crippen LogP contribution in [-0.2, 0) is 9.53 Å². The third-order valence-corrected chi connectivity index (χ3v) is 3.13. The standard InChI is InChI=1S/C13H22N2O4/c1-13(2,3)19-12(18)15-7-9(16)6-10(15)11(17)14-8-4-5-8/h8-10,16H,4-7H2,1-3H3,(H,14,17)/t9-,10-/m1/s1. The predicted molar refractivity (Wildman–Crippen MR) is 68.5 cm³/mol. The first-order chi connectivity index (χ1) is 8.76. The van der Waals surface area contributed by atoms with E-state index in [1.54, 1.807) is 20.8 Å². The number of aliphatic hydroxyl groups excluding tert-OH is 1. The number of ether oxygens (including phenoxy) is 1. The van der Waals surface area contributed by atoms with E-state index in [-0.39, 0.29) is 24.9 Å². The van der Waals surface area contributed by atoms with Crippen LogP contribution in [0.2, 0.25) is 0 Å². The second-order valence-electron chi connectivity index (χ2n) is 6.32. The van der Waals surface area contributed by atoms with Crippen molar-refractivity contribution in [3.8, 4) is 0 Å². The molecule has 1 aliphatic heterocycles. The van der Waals surface area contributed by atoms with Crippen molar-refractivity contribution in [2.24, 2.45) is 0 Å². The topological polar surface area (TPSA) is 78.9 Å². The average Bonchev–Trinajstić information content (AvgIpc) is 2.96. The molecule has 19 heavy (non-hydrogen) atoms. The van der Waals surface area contributed by atoms with Gasteiger partial charge >= 0.3 is 6.09 Å². The molecule has 0 aromatic carbocycles. The Hall–Kier alpha value is -1.30. The quantitative estimate of drug-likeness (QED) is 0.771. The van der Waals surface area contributed by atoms with Gasteiger partial charge in [0.25, 0.3) is 0 Å². The summed E-state index contributed by atoms with van der Waals surface area (Å²) in [6.45, 7) is 5.47. The zero-order chi connectivity index (χ0) is 14.2. The van der Waals surface area contributed by atoms with E-state index in [9.17, 15) is 14.7 Å². The molecule has 1 aliphatic carbocycles. The normalized spacial score (nSPS) is 27.3. The van der Waals surface area contributed by atoms with Gasteiger partial charge in [0.2, 0.25) is 5.91 Å². The Morgan fingerprint density at radius 2 is 1.95 bits per heavy atom. The number of nitrogens with one attached hydrogen (secondary N) is 1. The number of hydrogen-bond acceptors (Lipinski definition) is 4. The zero-order valence-corrected chi connectivity index (χ0v) is 11.7. The number of carbonyl (C=O) groups is 2. The van der Waals surface area contributed by atoms with Gasteiger partial charge in [0.1, 0.15) is 11.6 Å². The summed E-state index contributed by atoms with van der Waals surface area (Å²) >= 11 is 0. The largest absolute Gasteiger partial charge is 0.444 e. The van der Waals surface area contributed by atoms with E-state index in [1.165, 1.54) is 4.90 Å². The molecule has 2 fully saturated rings. The van der Waals surface area contributed by atoms with Crippen LogP contribution < -0.4 is 5.32 Å². The van der Waals surface area contributed by atoms with Crippen molar-refractivity contribution >= 4 is 12.0 Å². The number of aliphatic hydroxyl groups is 1. The molecule has 2 amide bonds. The van der Waals surface area contributed by atoms with E-state index in [0.717, 1.165) is 12.8 Å². The lowest BCUT2D eigenvalue weighted by atomic mass is 10.2. The third-order valence-electron chi connectivity index (χ3n) is 3.13. The first-order valence-corrected chi connectivity index (χ1v) is 6.74. The second-order valence-corrected chi connectivity index (χ2v) is 6.32. The molecular formula is C13H22N2O4. The van der Waals surface area contributed by atoms with Crippen LogP contribution in [0, 0.1) is 0 Å². The van der Waals surface area contributed by atoms with Crippen molar-refractivity contribution in [3.05, 3.63) is 0 Å². The molecule has 1 heterocycles. The molecule has 6 nitrogen and oxygen atoms in total. The molecular weight excluding hydrogens is 248 g/mol. The van der Waals surface area contributed by atoms with Gasteiger partial charge in [0.05, 0.1) is 12.6 Å². The van der Waals surface area contributed by atoms with Crippen LogP contribution in [0.15, 0.2) is 0 Å². The molecule has 108 valence electrons. The summed E-state index contributed by atoms with van der Waals surface area (Å²) in [6.07, 6.45) is 1.06. The monoisotopic (exact) mass is 270 g/mol. The molecule has 2 aliphatic rings. The maximum atomic E-state index is 12.1. The molecule has 2 rings (SSSR count). The minimum absolute atomic E-state index is 0.150. The molecule has 2 N–H and O–H groups in total. The van der Waals surface area contributed by atoms with Crippen molar-refractivity contribution in [3.63, 3.8) is 0 Å². The van der Waals surface area contributed by atoms with Gasteiger partial charge in [-0.15, -0.1) is 0 Å². The summed E-state index contributed by atoms with van der Waals surface area (Å²) < 4.78 is 5.27. The van der Waals surface area contributed by atoms with Crippen LogP contribution in [0.4, 0.5) is 4.79 Å². The lowest BCUT2D eigenvalue weighted by molar-refractivity contribution is -0.125. The Kier molecular flexibility index (Phi) is 3.71. The average molecular weight is 270 g/mol. The summed E-state index contributed by atoms with van der Waals surface area (Å²) in [5, 5.41) is 12.6. The highest BCUT2D eigenvalue weighted by Gasteiger charge is 2.42. The lowest BCUT2D eigenvalue weighted by Crippen LogP contribution is -2.48.